The molecule has 4 rings (SSSR count). The number of carbonyl (C=O) groups is 2. The minimum absolute atomic E-state index is 0.00303. The Hall–Kier alpha value is -2.24. The van der Waals surface area contributed by atoms with Gasteiger partial charge in [-0.25, -0.2) is 4.79 Å². The van der Waals surface area contributed by atoms with Gasteiger partial charge in [-0.1, -0.05) is 0 Å². The maximum Gasteiger partial charge on any atom is 0.407 e. The number of ether oxygens (including phenoxy) is 2. The van der Waals surface area contributed by atoms with E-state index in [9.17, 15) is 9.59 Å². The molecule has 6 nitrogen and oxygen atoms in total. The van der Waals surface area contributed by atoms with Gasteiger partial charge in [0, 0.05) is 18.5 Å². The van der Waals surface area contributed by atoms with Gasteiger partial charge >= 0.3 is 6.09 Å². The zero-order valence-corrected chi connectivity index (χ0v) is 12.3. The van der Waals surface area contributed by atoms with Gasteiger partial charge in [-0.2, -0.15) is 0 Å². The van der Waals surface area contributed by atoms with Crippen molar-refractivity contribution in [3.8, 4) is 5.75 Å². The van der Waals surface area contributed by atoms with Crippen molar-refractivity contribution < 1.29 is 19.1 Å². The standard InChI is InChI=1S/C16H18N2O4/c19-14(12-2-3-13-11(8-12)4-7-21-13)18-6-1-5-16(10-18)9-17-15(20)22-16/h2-3,8H,1,4-7,9-10H2,(H,17,20)/t16-/m0/s1. The Labute approximate surface area is 128 Å². The zero-order valence-electron chi connectivity index (χ0n) is 12.3. The Morgan fingerprint density at radius 3 is 3.09 bits per heavy atom. The van der Waals surface area contributed by atoms with Crippen molar-refractivity contribution >= 4 is 12.0 Å². The Morgan fingerprint density at radius 2 is 2.27 bits per heavy atom. The highest BCUT2D eigenvalue weighted by Crippen LogP contribution is 2.30. The monoisotopic (exact) mass is 302 g/mol. The summed E-state index contributed by atoms with van der Waals surface area (Å²) in [5, 5.41) is 2.70. The minimum Gasteiger partial charge on any atom is -0.493 e. The largest absolute Gasteiger partial charge is 0.493 e. The van der Waals surface area contributed by atoms with Crippen LogP contribution in [0.1, 0.15) is 28.8 Å². The lowest BCUT2D eigenvalue weighted by molar-refractivity contribution is -0.00504. The molecule has 3 aliphatic rings. The number of fused-ring (bicyclic) bond motifs is 1. The summed E-state index contributed by atoms with van der Waals surface area (Å²) in [4.78, 5) is 25.9. The van der Waals surface area contributed by atoms with Crippen LogP contribution in [0.4, 0.5) is 4.79 Å². The maximum atomic E-state index is 12.7. The first-order valence-electron chi connectivity index (χ1n) is 7.67. The third-order valence-corrected chi connectivity index (χ3v) is 4.63. The highest BCUT2D eigenvalue weighted by Gasteiger charge is 2.44. The lowest BCUT2D eigenvalue weighted by Crippen LogP contribution is -2.52. The number of nitrogens with zero attached hydrogens (tertiary/aromatic N) is 1. The molecule has 3 aliphatic heterocycles. The van der Waals surface area contributed by atoms with Crippen LogP contribution in [0.5, 0.6) is 5.75 Å². The molecule has 2 fully saturated rings. The van der Waals surface area contributed by atoms with Crippen molar-refractivity contribution in [3.05, 3.63) is 29.3 Å². The van der Waals surface area contributed by atoms with Crippen molar-refractivity contribution in [1.29, 1.82) is 0 Å². The second-order valence-electron chi connectivity index (χ2n) is 6.18. The first-order chi connectivity index (χ1) is 10.7. The summed E-state index contributed by atoms with van der Waals surface area (Å²) in [5.41, 5.74) is 1.22. The van der Waals surface area contributed by atoms with Crippen molar-refractivity contribution in [2.45, 2.75) is 24.9 Å². The summed E-state index contributed by atoms with van der Waals surface area (Å²) >= 11 is 0. The van der Waals surface area contributed by atoms with Crippen LogP contribution in [-0.4, -0.2) is 48.7 Å². The summed E-state index contributed by atoms with van der Waals surface area (Å²) in [5.74, 6) is 0.873. The smallest absolute Gasteiger partial charge is 0.407 e. The average Bonchev–Trinajstić information content (AvgIpc) is 3.13. The molecule has 0 saturated carbocycles. The predicted octanol–water partition coefficient (Wildman–Crippen LogP) is 1.34. The van der Waals surface area contributed by atoms with Gasteiger partial charge in [-0.3, -0.25) is 4.79 Å². The topological polar surface area (TPSA) is 67.9 Å². The van der Waals surface area contributed by atoms with E-state index in [0.29, 0.717) is 31.8 Å². The first kappa shape index (κ1) is 13.4. The van der Waals surface area contributed by atoms with E-state index < -0.39 is 5.60 Å². The van der Waals surface area contributed by atoms with Gasteiger partial charge in [0.1, 0.15) is 11.4 Å². The number of likely N-dealkylation sites (tertiary alicyclic amines) is 1. The summed E-state index contributed by atoms with van der Waals surface area (Å²) in [6.07, 6.45) is 2.11. The number of benzene rings is 1. The van der Waals surface area contributed by atoms with Crippen LogP contribution >= 0.6 is 0 Å². The first-order valence-corrected chi connectivity index (χ1v) is 7.67. The molecular formula is C16H18N2O4. The quantitative estimate of drug-likeness (QED) is 0.850. The molecule has 1 N–H and O–H groups in total. The Kier molecular flexibility index (Phi) is 2.99. The minimum atomic E-state index is -0.551. The van der Waals surface area contributed by atoms with E-state index in [-0.39, 0.29) is 12.0 Å². The van der Waals surface area contributed by atoms with E-state index in [1.165, 1.54) is 0 Å². The molecule has 1 atom stereocenters. The number of amides is 2. The molecule has 0 aliphatic carbocycles. The fourth-order valence-electron chi connectivity index (χ4n) is 3.50. The third kappa shape index (κ3) is 2.19. The van der Waals surface area contributed by atoms with Crippen LogP contribution in [0.25, 0.3) is 0 Å². The molecule has 2 saturated heterocycles. The molecular weight excluding hydrogens is 284 g/mol. The van der Waals surface area contributed by atoms with Crippen LogP contribution in [-0.2, 0) is 11.2 Å². The fraction of sp³-hybridized carbons (Fsp3) is 0.500. The second-order valence-corrected chi connectivity index (χ2v) is 6.18. The van der Waals surface area contributed by atoms with E-state index >= 15 is 0 Å². The molecule has 1 spiro atoms. The second kappa shape index (κ2) is 4.90. The van der Waals surface area contributed by atoms with E-state index in [0.717, 1.165) is 30.6 Å². The van der Waals surface area contributed by atoms with Crippen molar-refractivity contribution in [2.24, 2.45) is 0 Å². The Bertz CT molecular complexity index is 645. The fourth-order valence-corrected chi connectivity index (χ4v) is 3.50. The lowest BCUT2D eigenvalue weighted by Gasteiger charge is -2.38. The highest BCUT2D eigenvalue weighted by atomic mass is 16.6. The molecule has 0 aromatic heterocycles. The molecule has 116 valence electrons. The van der Waals surface area contributed by atoms with E-state index in [2.05, 4.69) is 5.32 Å². The van der Waals surface area contributed by atoms with Gasteiger partial charge < -0.3 is 19.7 Å². The number of piperidine rings is 1. The summed E-state index contributed by atoms with van der Waals surface area (Å²) in [6.45, 7) is 2.32. The van der Waals surface area contributed by atoms with Gasteiger partial charge in [-0.05, 0) is 36.6 Å². The molecule has 0 unspecified atom stereocenters. The Balaban J connectivity index is 1.54. The number of hydrogen-bond donors (Lipinski definition) is 1. The van der Waals surface area contributed by atoms with Crippen LogP contribution in [0.3, 0.4) is 0 Å². The molecule has 22 heavy (non-hydrogen) atoms. The van der Waals surface area contributed by atoms with Gasteiger partial charge in [-0.15, -0.1) is 0 Å². The van der Waals surface area contributed by atoms with Crippen molar-refractivity contribution in [1.82, 2.24) is 10.2 Å². The number of alkyl carbamates (subject to hydrolysis) is 1. The molecule has 3 heterocycles. The molecule has 2 amide bonds. The molecule has 0 radical (unpaired) electrons. The Morgan fingerprint density at radius 1 is 1.36 bits per heavy atom. The summed E-state index contributed by atoms with van der Waals surface area (Å²) in [6, 6.07) is 5.60. The van der Waals surface area contributed by atoms with Gasteiger partial charge in [0.25, 0.3) is 5.91 Å². The van der Waals surface area contributed by atoms with Crippen LogP contribution in [0.2, 0.25) is 0 Å². The number of rotatable bonds is 1. The predicted molar refractivity (Wildman–Crippen MR) is 78.0 cm³/mol. The zero-order chi connectivity index (χ0) is 15.2. The number of hydrogen-bond acceptors (Lipinski definition) is 4. The average molecular weight is 302 g/mol. The number of nitrogens with one attached hydrogen (secondary N) is 1. The third-order valence-electron chi connectivity index (χ3n) is 4.63. The van der Waals surface area contributed by atoms with Crippen LogP contribution in [0, 0.1) is 0 Å². The van der Waals surface area contributed by atoms with Crippen LogP contribution in [0.15, 0.2) is 18.2 Å². The maximum absolute atomic E-state index is 12.7. The SMILES string of the molecule is O=C1NC[C@]2(CCCN(C(=O)c3ccc4c(c3)CCO4)C2)O1. The van der Waals surface area contributed by atoms with E-state index in [1.54, 1.807) is 4.90 Å². The molecule has 1 aromatic rings. The van der Waals surface area contributed by atoms with E-state index in [4.69, 9.17) is 9.47 Å². The van der Waals surface area contributed by atoms with Gasteiger partial charge in [0.2, 0.25) is 0 Å². The normalized spacial score (nSPS) is 26.4. The number of carbonyl (C=O) groups excluding carboxylic acids is 2. The van der Waals surface area contributed by atoms with Crippen molar-refractivity contribution in [3.63, 3.8) is 0 Å². The summed E-state index contributed by atoms with van der Waals surface area (Å²) < 4.78 is 10.9. The summed E-state index contributed by atoms with van der Waals surface area (Å²) in [7, 11) is 0. The molecule has 0 bridgehead atoms. The van der Waals surface area contributed by atoms with Crippen molar-refractivity contribution in [2.75, 3.05) is 26.2 Å². The van der Waals surface area contributed by atoms with E-state index in [1.807, 2.05) is 18.2 Å². The van der Waals surface area contributed by atoms with Gasteiger partial charge in [0.05, 0.1) is 19.7 Å². The highest BCUT2D eigenvalue weighted by molar-refractivity contribution is 5.95. The van der Waals surface area contributed by atoms with Crippen LogP contribution < -0.4 is 10.1 Å². The molecule has 1 aromatic carbocycles. The lowest BCUT2D eigenvalue weighted by atomic mass is 9.92. The van der Waals surface area contributed by atoms with Gasteiger partial charge in [0.15, 0.2) is 0 Å². The molecule has 6 heteroatoms.